The fraction of sp³-hybridized carbons (Fsp3) is 0.273. The molecule has 0 saturated heterocycles. The second kappa shape index (κ2) is 8.86. The molecule has 0 saturated carbocycles. The first kappa shape index (κ1) is 20.5. The Morgan fingerprint density at radius 2 is 1.83 bits per heavy atom. The Hall–Kier alpha value is -3.22. The Kier molecular flexibility index (Phi) is 6.26. The predicted octanol–water partition coefficient (Wildman–Crippen LogP) is 4.39. The average molecular weight is 398 g/mol. The van der Waals surface area contributed by atoms with Crippen molar-refractivity contribution in [2.24, 2.45) is 0 Å². The third-order valence-electron chi connectivity index (χ3n) is 4.92. The number of carbonyl (C=O) groups is 1. The van der Waals surface area contributed by atoms with E-state index in [9.17, 15) is 13.6 Å². The van der Waals surface area contributed by atoms with E-state index in [1.54, 1.807) is 6.92 Å². The molecule has 3 rings (SSSR count). The second-order valence-electron chi connectivity index (χ2n) is 7.01. The molecule has 152 valence electrons. The summed E-state index contributed by atoms with van der Waals surface area (Å²) in [6, 6.07) is 12.8. The SMILES string of the molecule is Cc1nn(Cc2ccccc2)c(C)c1CNC(=O)N[C@@H](C)c1ccc(F)c(F)c1. The highest BCUT2D eigenvalue weighted by Crippen LogP contribution is 2.17. The van der Waals surface area contributed by atoms with Gasteiger partial charge < -0.3 is 10.6 Å². The van der Waals surface area contributed by atoms with E-state index in [1.165, 1.54) is 6.07 Å². The van der Waals surface area contributed by atoms with Gasteiger partial charge in [-0.2, -0.15) is 5.10 Å². The molecular weight excluding hydrogens is 374 g/mol. The van der Waals surface area contributed by atoms with Crippen molar-refractivity contribution in [1.82, 2.24) is 20.4 Å². The van der Waals surface area contributed by atoms with E-state index in [0.717, 1.165) is 34.6 Å². The van der Waals surface area contributed by atoms with Crippen molar-refractivity contribution in [3.63, 3.8) is 0 Å². The first-order valence-electron chi connectivity index (χ1n) is 9.41. The molecule has 0 spiro atoms. The van der Waals surface area contributed by atoms with E-state index < -0.39 is 23.7 Å². The molecule has 7 heteroatoms. The summed E-state index contributed by atoms with van der Waals surface area (Å²) in [6.45, 7) is 6.57. The minimum Gasteiger partial charge on any atom is -0.334 e. The van der Waals surface area contributed by atoms with Crippen LogP contribution in [0.15, 0.2) is 48.5 Å². The lowest BCUT2D eigenvalue weighted by Gasteiger charge is -2.15. The molecule has 0 aliphatic rings. The van der Waals surface area contributed by atoms with Gasteiger partial charge in [0, 0.05) is 17.8 Å². The number of hydrogen-bond acceptors (Lipinski definition) is 2. The van der Waals surface area contributed by atoms with Gasteiger partial charge in [-0.3, -0.25) is 4.68 Å². The number of carbonyl (C=O) groups excluding carboxylic acids is 1. The highest BCUT2D eigenvalue weighted by atomic mass is 19.2. The first-order chi connectivity index (χ1) is 13.8. The monoisotopic (exact) mass is 398 g/mol. The molecule has 1 aromatic heterocycles. The Morgan fingerprint density at radius 1 is 1.10 bits per heavy atom. The van der Waals surface area contributed by atoms with E-state index in [4.69, 9.17) is 0 Å². The van der Waals surface area contributed by atoms with Crippen LogP contribution in [0.1, 0.15) is 41.0 Å². The Morgan fingerprint density at radius 3 is 2.52 bits per heavy atom. The fourth-order valence-electron chi connectivity index (χ4n) is 3.18. The van der Waals surface area contributed by atoms with Crippen LogP contribution in [0.4, 0.5) is 13.6 Å². The van der Waals surface area contributed by atoms with Crippen LogP contribution in [0.5, 0.6) is 0 Å². The molecule has 0 aliphatic heterocycles. The fourth-order valence-corrected chi connectivity index (χ4v) is 3.18. The zero-order chi connectivity index (χ0) is 21.0. The van der Waals surface area contributed by atoms with Gasteiger partial charge >= 0.3 is 6.03 Å². The number of hydrogen-bond donors (Lipinski definition) is 2. The quantitative estimate of drug-likeness (QED) is 0.647. The van der Waals surface area contributed by atoms with Crippen molar-refractivity contribution in [2.75, 3.05) is 0 Å². The van der Waals surface area contributed by atoms with E-state index in [-0.39, 0.29) is 0 Å². The van der Waals surface area contributed by atoms with E-state index in [0.29, 0.717) is 18.7 Å². The van der Waals surface area contributed by atoms with Crippen LogP contribution in [-0.2, 0) is 13.1 Å². The van der Waals surface area contributed by atoms with Crippen LogP contribution in [0.3, 0.4) is 0 Å². The maximum absolute atomic E-state index is 13.4. The van der Waals surface area contributed by atoms with Crippen LogP contribution >= 0.6 is 0 Å². The Balaban J connectivity index is 1.60. The molecule has 1 heterocycles. The molecule has 0 bridgehead atoms. The molecule has 0 unspecified atom stereocenters. The van der Waals surface area contributed by atoms with Gasteiger partial charge in [-0.15, -0.1) is 0 Å². The number of nitrogens with zero attached hydrogens (tertiary/aromatic N) is 2. The van der Waals surface area contributed by atoms with E-state index >= 15 is 0 Å². The summed E-state index contributed by atoms with van der Waals surface area (Å²) in [5, 5.41) is 10.1. The first-order valence-corrected chi connectivity index (χ1v) is 9.41. The summed E-state index contributed by atoms with van der Waals surface area (Å²) in [4.78, 5) is 12.3. The molecule has 5 nitrogen and oxygen atoms in total. The van der Waals surface area contributed by atoms with Crippen LogP contribution < -0.4 is 10.6 Å². The van der Waals surface area contributed by atoms with Gasteiger partial charge in [0.1, 0.15) is 0 Å². The molecule has 2 N–H and O–H groups in total. The smallest absolute Gasteiger partial charge is 0.315 e. The highest BCUT2D eigenvalue weighted by molar-refractivity contribution is 5.74. The molecule has 0 radical (unpaired) electrons. The van der Waals surface area contributed by atoms with Crippen molar-refractivity contribution in [1.29, 1.82) is 0 Å². The minimum atomic E-state index is -0.936. The summed E-state index contributed by atoms with van der Waals surface area (Å²) in [5.74, 6) is -1.85. The molecule has 0 fully saturated rings. The topological polar surface area (TPSA) is 59.0 Å². The van der Waals surface area contributed by atoms with Gasteiger partial charge in [0.2, 0.25) is 0 Å². The van der Waals surface area contributed by atoms with E-state index in [2.05, 4.69) is 15.7 Å². The normalized spacial score (nSPS) is 11.9. The Labute approximate surface area is 168 Å². The summed E-state index contributed by atoms with van der Waals surface area (Å²) < 4.78 is 28.4. The highest BCUT2D eigenvalue weighted by Gasteiger charge is 2.15. The lowest BCUT2D eigenvalue weighted by atomic mass is 10.1. The summed E-state index contributed by atoms with van der Waals surface area (Å²) >= 11 is 0. The zero-order valence-corrected chi connectivity index (χ0v) is 16.7. The number of benzene rings is 2. The second-order valence-corrected chi connectivity index (χ2v) is 7.01. The predicted molar refractivity (Wildman–Crippen MR) is 107 cm³/mol. The van der Waals surface area contributed by atoms with Gasteiger partial charge in [0.25, 0.3) is 0 Å². The molecule has 3 aromatic rings. The van der Waals surface area contributed by atoms with Crippen molar-refractivity contribution >= 4 is 6.03 Å². The van der Waals surface area contributed by atoms with Crippen LogP contribution in [0.2, 0.25) is 0 Å². The number of amides is 2. The molecule has 2 amide bonds. The summed E-state index contributed by atoms with van der Waals surface area (Å²) in [7, 11) is 0. The van der Waals surface area contributed by atoms with Gasteiger partial charge in [-0.05, 0) is 44.0 Å². The summed E-state index contributed by atoms with van der Waals surface area (Å²) in [6.07, 6.45) is 0. The summed E-state index contributed by atoms with van der Waals surface area (Å²) in [5.41, 5.74) is 4.43. The number of urea groups is 1. The number of aryl methyl sites for hydroxylation is 1. The van der Waals surface area contributed by atoms with Crippen LogP contribution in [0, 0.1) is 25.5 Å². The van der Waals surface area contributed by atoms with Crippen molar-refractivity contribution < 1.29 is 13.6 Å². The number of halogens is 2. The van der Waals surface area contributed by atoms with Gasteiger partial charge in [-0.25, -0.2) is 13.6 Å². The zero-order valence-electron chi connectivity index (χ0n) is 16.7. The third kappa shape index (κ3) is 4.99. The van der Waals surface area contributed by atoms with Gasteiger partial charge in [0.05, 0.1) is 18.3 Å². The number of aromatic nitrogens is 2. The van der Waals surface area contributed by atoms with Gasteiger partial charge in [-0.1, -0.05) is 36.4 Å². The third-order valence-corrected chi connectivity index (χ3v) is 4.92. The van der Waals surface area contributed by atoms with E-state index in [1.807, 2.05) is 48.9 Å². The maximum atomic E-state index is 13.4. The number of nitrogens with one attached hydrogen (secondary N) is 2. The minimum absolute atomic E-state index is 0.322. The molecular formula is C22H24F2N4O. The van der Waals surface area contributed by atoms with Crippen LogP contribution in [0.25, 0.3) is 0 Å². The largest absolute Gasteiger partial charge is 0.334 e. The molecule has 2 aromatic carbocycles. The van der Waals surface area contributed by atoms with Crippen molar-refractivity contribution in [3.05, 3.63) is 88.2 Å². The number of rotatable bonds is 6. The van der Waals surface area contributed by atoms with Gasteiger partial charge in [0.15, 0.2) is 11.6 Å². The van der Waals surface area contributed by atoms with Crippen molar-refractivity contribution in [3.8, 4) is 0 Å². The average Bonchev–Trinajstić information content (AvgIpc) is 2.96. The lowest BCUT2D eigenvalue weighted by molar-refractivity contribution is 0.237. The molecule has 0 aliphatic carbocycles. The van der Waals surface area contributed by atoms with Crippen molar-refractivity contribution in [2.45, 2.75) is 39.9 Å². The maximum Gasteiger partial charge on any atom is 0.315 e. The van der Waals surface area contributed by atoms with Crippen LogP contribution in [-0.4, -0.2) is 15.8 Å². The molecule has 1 atom stereocenters. The Bertz CT molecular complexity index is 1000. The lowest BCUT2D eigenvalue weighted by Crippen LogP contribution is -2.36. The standard InChI is InChI=1S/C22H24F2N4O/c1-14(18-9-10-20(23)21(24)11-18)26-22(29)25-12-19-15(2)27-28(16(19)3)13-17-7-5-4-6-8-17/h4-11,14H,12-13H2,1-3H3,(H2,25,26,29)/t14-/m0/s1. The molecule has 29 heavy (non-hydrogen) atoms.